The molecule has 2 aromatic rings. The molecule has 0 amide bonds. The molecule has 1 aromatic carbocycles. The van der Waals surface area contributed by atoms with Crippen LogP contribution < -0.4 is 5.32 Å². The van der Waals surface area contributed by atoms with Gasteiger partial charge in [-0.25, -0.2) is 0 Å². The molecule has 90 valence electrons. The van der Waals surface area contributed by atoms with Gasteiger partial charge in [0.15, 0.2) is 0 Å². The Morgan fingerprint density at radius 3 is 2.82 bits per heavy atom. The van der Waals surface area contributed by atoms with Crippen molar-refractivity contribution in [3.05, 3.63) is 51.2 Å². The molecule has 1 atom stereocenters. The first kappa shape index (κ1) is 12.4. The van der Waals surface area contributed by atoms with Crippen LogP contribution in [0.25, 0.3) is 0 Å². The Morgan fingerprint density at radius 1 is 1.35 bits per heavy atom. The van der Waals surface area contributed by atoms with Crippen molar-refractivity contribution < 1.29 is 5.11 Å². The monoisotopic (exact) mass is 267 g/mol. The number of aliphatic hydroxyl groups excluding tert-OH is 1. The molecule has 0 bridgehead atoms. The van der Waals surface area contributed by atoms with Gasteiger partial charge in [0, 0.05) is 17.1 Å². The number of hydrogen-bond acceptors (Lipinski definition) is 3. The average molecular weight is 268 g/mol. The summed E-state index contributed by atoms with van der Waals surface area (Å²) in [6, 6.07) is 11.7. The zero-order valence-corrected chi connectivity index (χ0v) is 11.1. The van der Waals surface area contributed by atoms with Crippen LogP contribution in [0.3, 0.4) is 0 Å². The van der Waals surface area contributed by atoms with Crippen molar-refractivity contribution in [2.75, 3.05) is 11.9 Å². The predicted molar refractivity (Wildman–Crippen MR) is 74.0 cm³/mol. The first-order valence-electron chi connectivity index (χ1n) is 5.39. The van der Waals surface area contributed by atoms with Gasteiger partial charge in [-0.3, -0.25) is 0 Å². The van der Waals surface area contributed by atoms with E-state index in [9.17, 15) is 5.11 Å². The number of hydrogen-bond donors (Lipinski definition) is 2. The van der Waals surface area contributed by atoms with E-state index in [2.05, 4.69) is 5.32 Å². The van der Waals surface area contributed by atoms with Crippen molar-refractivity contribution in [2.45, 2.75) is 13.0 Å². The van der Waals surface area contributed by atoms with Crippen molar-refractivity contribution in [3.63, 3.8) is 0 Å². The number of halogens is 1. The second kappa shape index (κ2) is 5.54. The van der Waals surface area contributed by atoms with E-state index in [1.165, 1.54) is 16.9 Å². The highest BCUT2D eigenvalue weighted by molar-refractivity contribution is 7.16. The Kier molecular flexibility index (Phi) is 4.05. The average Bonchev–Trinajstić information content (AvgIpc) is 2.73. The highest BCUT2D eigenvalue weighted by Crippen LogP contribution is 2.27. The predicted octanol–water partition coefficient (Wildman–Crippen LogP) is 3.86. The second-order valence-electron chi connectivity index (χ2n) is 3.91. The number of benzene rings is 1. The normalized spacial score (nSPS) is 12.4. The largest absolute Gasteiger partial charge is 0.386 e. The molecule has 0 spiro atoms. The first-order chi connectivity index (χ1) is 8.15. The third-order valence-corrected chi connectivity index (χ3v) is 3.77. The summed E-state index contributed by atoms with van der Waals surface area (Å²) < 4.78 is 0.703. The summed E-state index contributed by atoms with van der Waals surface area (Å²) in [5.74, 6) is 0. The van der Waals surface area contributed by atoms with Gasteiger partial charge >= 0.3 is 0 Å². The number of nitrogens with one attached hydrogen (secondary N) is 1. The molecular formula is C13H14ClNOS. The standard InChI is InChI=1S/C13H14ClNOS/c1-9-3-2-4-10(7-9)15-8-11(16)12-5-6-13(14)17-12/h2-7,11,15-16H,8H2,1H3. The molecule has 0 aliphatic carbocycles. The molecule has 1 unspecified atom stereocenters. The summed E-state index contributed by atoms with van der Waals surface area (Å²) >= 11 is 7.24. The molecule has 2 nitrogen and oxygen atoms in total. The van der Waals surface area contributed by atoms with Crippen LogP contribution in [0.4, 0.5) is 5.69 Å². The van der Waals surface area contributed by atoms with E-state index >= 15 is 0 Å². The molecule has 1 aromatic heterocycles. The van der Waals surface area contributed by atoms with E-state index in [1.807, 2.05) is 37.3 Å². The molecule has 0 fully saturated rings. The third-order valence-electron chi connectivity index (χ3n) is 2.44. The Balaban J connectivity index is 1.94. The number of thiophene rings is 1. The van der Waals surface area contributed by atoms with Crippen LogP contribution in [0, 0.1) is 6.92 Å². The molecular weight excluding hydrogens is 254 g/mol. The van der Waals surface area contributed by atoms with Crippen LogP contribution in [-0.2, 0) is 0 Å². The molecule has 0 aliphatic rings. The fraction of sp³-hybridized carbons (Fsp3) is 0.231. The lowest BCUT2D eigenvalue weighted by Gasteiger charge is -2.11. The molecule has 0 saturated carbocycles. The minimum atomic E-state index is -0.520. The minimum Gasteiger partial charge on any atom is -0.386 e. The minimum absolute atomic E-state index is 0.486. The van der Waals surface area contributed by atoms with E-state index in [0.29, 0.717) is 10.9 Å². The fourth-order valence-corrected chi connectivity index (χ4v) is 2.62. The van der Waals surface area contributed by atoms with Crippen LogP contribution in [-0.4, -0.2) is 11.7 Å². The summed E-state index contributed by atoms with van der Waals surface area (Å²) in [6.07, 6.45) is -0.520. The molecule has 4 heteroatoms. The van der Waals surface area contributed by atoms with Gasteiger partial charge in [0.2, 0.25) is 0 Å². The summed E-state index contributed by atoms with van der Waals surface area (Å²) in [6.45, 7) is 2.53. The van der Waals surface area contributed by atoms with Crippen LogP contribution in [0.1, 0.15) is 16.5 Å². The molecule has 0 aliphatic heterocycles. The summed E-state index contributed by atoms with van der Waals surface area (Å²) in [5.41, 5.74) is 2.22. The Labute approximate surface area is 110 Å². The van der Waals surface area contributed by atoms with Crippen molar-refractivity contribution in [1.82, 2.24) is 0 Å². The van der Waals surface area contributed by atoms with Gasteiger partial charge in [0.25, 0.3) is 0 Å². The Morgan fingerprint density at radius 2 is 2.18 bits per heavy atom. The Hall–Kier alpha value is -1.03. The summed E-state index contributed by atoms with van der Waals surface area (Å²) in [7, 11) is 0. The first-order valence-corrected chi connectivity index (χ1v) is 6.58. The lowest BCUT2D eigenvalue weighted by Crippen LogP contribution is -2.10. The maximum absolute atomic E-state index is 9.95. The van der Waals surface area contributed by atoms with E-state index < -0.39 is 6.10 Å². The van der Waals surface area contributed by atoms with Gasteiger partial charge in [0.05, 0.1) is 4.34 Å². The topological polar surface area (TPSA) is 32.3 Å². The molecule has 2 N–H and O–H groups in total. The van der Waals surface area contributed by atoms with Crippen molar-refractivity contribution >= 4 is 28.6 Å². The van der Waals surface area contributed by atoms with Gasteiger partial charge in [-0.15, -0.1) is 11.3 Å². The molecule has 2 rings (SSSR count). The van der Waals surface area contributed by atoms with Crippen LogP contribution in [0.5, 0.6) is 0 Å². The van der Waals surface area contributed by atoms with E-state index in [-0.39, 0.29) is 0 Å². The van der Waals surface area contributed by atoms with Gasteiger partial charge in [0.1, 0.15) is 6.10 Å². The van der Waals surface area contributed by atoms with E-state index in [1.54, 1.807) is 6.07 Å². The maximum atomic E-state index is 9.95. The van der Waals surface area contributed by atoms with Crippen LogP contribution >= 0.6 is 22.9 Å². The second-order valence-corrected chi connectivity index (χ2v) is 5.65. The number of anilines is 1. The van der Waals surface area contributed by atoms with Gasteiger partial charge < -0.3 is 10.4 Å². The SMILES string of the molecule is Cc1cccc(NCC(O)c2ccc(Cl)s2)c1. The number of aryl methyl sites for hydroxylation is 1. The zero-order valence-electron chi connectivity index (χ0n) is 9.48. The van der Waals surface area contributed by atoms with Crippen LogP contribution in [0.2, 0.25) is 4.34 Å². The summed E-state index contributed by atoms with van der Waals surface area (Å²) in [4.78, 5) is 0.884. The van der Waals surface area contributed by atoms with Gasteiger partial charge in [-0.2, -0.15) is 0 Å². The van der Waals surface area contributed by atoms with E-state index in [0.717, 1.165) is 10.6 Å². The zero-order chi connectivity index (χ0) is 12.3. The number of aliphatic hydroxyl groups is 1. The van der Waals surface area contributed by atoms with Crippen molar-refractivity contribution in [2.24, 2.45) is 0 Å². The number of rotatable bonds is 4. The third kappa shape index (κ3) is 3.46. The molecule has 1 heterocycles. The maximum Gasteiger partial charge on any atom is 0.105 e. The van der Waals surface area contributed by atoms with Crippen molar-refractivity contribution in [1.29, 1.82) is 0 Å². The van der Waals surface area contributed by atoms with Gasteiger partial charge in [-0.1, -0.05) is 23.7 Å². The molecule has 0 radical (unpaired) electrons. The van der Waals surface area contributed by atoms with Gasteiger partial charge in [-0.05, 0) is 36.8 Å². The van der Waals surface area contributed by atoms with Crippen molar-refractivity contribution in [3.8, 4) is 0 Å². The lowest BCUT2D eigenvalue weighted by atomic mass is 10.2. The Bertz CT molecular complexity index is 498. The van der Waals surface area contributed by atoms with E-state index in [4.69, 9.17) is 11.6 Å². The molecule has 17 heavy (non-hydrogen) atoms. The highest BCUT2D eigenvalue weighted by Gasteiger charge is 2.09. The lowest BCUT2D eigenvalue weighted by molar-refractivity contribution is 0.195. The smallest absolute Gasteiger partial charge is 0.105 e. The van der Waals surface area contributed by atoms with Crippen LogP contribution in [0.15, 0.2) is 36.4 Å². The summed E-state index contributed by atoms with van der Waals surface area (Å²) in [5, 5.41) is 13.2. The molecule has 0 saturated heterocycles. The quantitative estimate of drug-likeness (QED) is 0.882. The highest BCUT2D eigenvalue weighted by atomic mass is 35.5. The fourth-order valence-electron chi connectivity index (χ4n) is 1.58.